The van der Waals surface area contributed by atoms with Crippen LogP contribution in [0.3, 0.4) is 0 Å². The van der Waals surface area contributed by atoms with Gasteiger partial charge in [-0.2, -0.15) is 5.10 Å². The maximum atomic E-state index is 12.2. The fraction of sp³-hybridized carbons (Fsp3) is 0.357. The summed E-state index contributed by atoms with van der Waals surface area (Å²) >= 11 is 0. The number of H-pyrrole nitrogens is 1. The number of hydrogen-bond donors (Lipinski definition) is 2. The highest BCUT2D eigenvalue weighted by molar-refractivity contribution is 5.99. The van der Waals surface area contributed by atoms with E-state index in [1.807, 2.05) is 35.4 Å². The van der Waals surface area contributed by atoms with E-state index >= 15 is 0 Å². The SMILES string of the molecule is CC(=O)N1CCN(c2n[nH]c3nc(N4CCC5(CC4)Cc4ccccc4C5N)cnc23)c2ccccc21. The number of nitrogens with one attached hydrogen (secondary N) is 1. The molecule has 7 rings (SSSR count). The summed E-state index contributed by atoms with van der Waals surface area (Å²) in [7, 11) is 0. The molecule has 2 aromatic carbocycles. The molecule has 0 radical (unpaired) electrons. The number of carbonyl (C=O) groups excluding carboxylic acids is 1. The van der Waals surface area contributed by atoms with E-state index in [0.29, 0.717) is 18.7 Å². The molecule has 37 heavy (non-hydrogen) atoms. The standard InChI is InChI=1S/C28H30N8O/c1-18(37)35-14-15-36(22-9-5-4-8-21(22)35)27-24-26(32-33-27)31-23(17-30-24)34-12-10-28(11-13-34)16-19-6-2-3-7-20(19)25(28)29/h2-9,17,25H,10-16,29H2,1H3,(H,31,32,33). The van der Waals surface area contributed by atoms with Crippen LogP contribution in [0, 0.1) is 5.41 Å². The Hall–Kier alpha value is -3.98. The van der Waals surface area contributed by atoms with Crippen LogP contribution in [0.15, 0.2) is 54.7 Å². The van der Waals surface area contributed by atoms with Gasteiger partial charge in [0.05, 0.1) is 17.6 Å². The summed E-state index contributed by atoms with van der Waals surface area (Å²) in [6.07, 6.45) is 4.99. The van der Waals surface area contributed by atoms with Crippen molar-refractivity contribution >= 4 is 40.1 Å². The molecule has 3 aliphatic rings. The van der Waals surface area contributed by atoms with Crippen LogP contribution in [0.5, 0.6) is 0 Å². The average molecular weight is 495 g/mol. The number of piperidine rings is 1. The van der Waals surface area contributed by atoms with Gasteiger partial charge < -0.3 is 20.4 Å². The van der Waals surface area contributed by atoms with Gasteiger partial charge in [-0.3, -0.25) is 9.89 Å². The van der Waals surface area contributed by atoms with Crippen LogP contribution in [0.25, 0.3) is 11.2 Å². The molecule has 188 valence electrons. The summed E-state index contributed by atoms with van der Waals surface area (Å²) in [5.74, 6) is 1.63. The first-order chi connectivity index (χ1) is 18.0. The molecule has 1 saturated heterocycles. The Kier molecular flexibility index (Phi) is 4.97. The number of anilines is 4. The largest absolute Gasteiger partial charge is 0.355 e. The Balaban J connectivity index is 1.13. The van der Waals surface area contributed by atoms with Gasteiger partial charge in [-0.25, -0.2) is 9.97 Å². The highest BCUT2D eigenvalue weighted by Crippen LogP contribution is 2.51. The van der Waals surface area contributed by atoms with Crippen molar-refractivity contribution in [3.8, 4) is 0 Å². The lowest BCUT2D eigenvalue weighted by Gasteiger charge is -2.42. The zero-order valence-corrected chi connectivity index (χ0v) is 20.9. The van der Waals surface area contributed by atoms with Crippen molar-refractivity contribution in [1.82, 2.24) is 20.2 Å². The van der Waals surface area contributed by atoms with Gasteiger partial charge in [-0.1, -0.05) is 36.4 Å². The van der Waals surface area contributed by atoms with E-state index in [0.717, 1.165) is 60.9 Å². The lowest BCUT2D eigenvalue weighted by atomic mass is 9.73. The van der Waals surface area contributed by atoms with Gasteiger partial charge >= 0.3 is 0 Å². The monoisotopic (exact) mass is 494 g/mol. The second kappa shape index (κ2) is 8.27. The number of carbonyl (C=O) groups is 1. The van der Waals surface area contributed by atoms with E-state index in [1.165, 1.54) is 11.1 Å². The molecule has 1 aliphatic carbocycles. The second-order valence-electron chi connectivity index (χ2n) is 10.5. The Morgan fingerprint density at radius 1 is 1.03 bits per heavy atom. The van der Waals surface area contributed by atoms with Crippen molar-refractivity contribution < 1.29 is 4.79 Å². The molecule has 4 heterocycles. The van der Waals surface area contributed by atoms with Crippen LogP contribution >= 0.6 is 0 Å². The third kappa shape index (κ3) is 3.41. The number of aromatic nitrogens is 4. The molecular weight excluding hydrogens is 464 g/mol. The minimum absolute atomic E-state index is 0.0363. The second-order valence-corrected chi connectivity index (χ2v) is 10.5. The van der Waals surface area contributed by atoms with Gasteiger partial charge in [0.25, 0.3) is 0 Å². The quantitative estimate of drug-likeness (QED) is 0.438. The highest BCUT2D eigenvalue weighted by Gasteiger charge is 2.46. The molecule has 0 bridgehead atoms. The van der Waals surface area contributed by atoms with E-state index in [4.69, 9.17) is 15.7 Å². The van der Waals surface area contributed by atoms with Gasteiger partial charge in [0, 0.05) is 39.1 Å². The smallest absolute Gasteiger partial charge is 0.223 e. The first-order valence-corrected chi connectivity index (χ1v) is 13.0. The zero-order valence-electron chi connectivity index (χ0n) is 20.9. The topological polar surface area (TPSA) is 107 Å². The Bertz CT molecular complexity index is 1510. The van der Waals surface area contributed by atoms with Gasteiger partial charge in [-0.05, 0) is 47.9 Å². The third-order valence-electron chi connectivity index (χ3n) is 8.56. The lowest BCUT2D eigenvalue weighted by molar-refractivity contribution is -0.116. The number of nitrogens with two attached hydrogens (primary N) is 1. The van der Waals surface area contributed by atoms with Gasteiger partial charge in [-0.15, -0.1) is 0 Å². The van der Waals surface area contributed by atoms with E-state index in [-0.39, 0.29) is 17.4 Å². The minimum atomic E-state index is 0.0363. The molecule has 1 unspecified atom stereocenters. The molecule has 0 saturated carbocycles. The number of amides is 1. The van der Waals surface area contributed by atoms with Gasteiger partial charge in [0.1, 0.15) is 5.82 Å². The van der Waals surface area contributed by atoms with Crippen molar-refractivity contribution in [2.75, 3.05) is 40.9 Å². The normalized spacial score (nSPS) is 20.4. The summed E-state index contributed by atoms with van der Waals surface area (Å²) in [5.41, 5.74) is 12.8. The van der Waals surface area contributed by atoms with E-state index in [1.54, 1.807) is 6.92 Å². The van der Waals surface area contributed by atoms with Crippen LogP contribution in [0.4, 0.5) is 23.0 Å². The third-order valence-corrected chi connectivity index (χ3v) is 8.56. The number of rotatable bonds is 2. The molecule has 1 atom stereocenters. The van der Waals surface area contributed by atoms with Crippen molar-refractivity contribution in [2.24, 2.45) is 11.1 Å². The number of fused-ring (bicyclic) bond motifs is 3. The molecule has 2 aliphatic heterocycles. The lowest BCUT2D eigenvalue weighted by Crippen LogP contribution is -2.44. The predicted octanol–water partition coefficient (Wildman–Crippen LogP) is 3.70. The van der Waals surface area contributed by atoms with E-state index < -0.39 is 0 Å². The van der Waals surface area contributed by atoms with Crippen LogP contribution < -0.4 is 20.4 Å². The summed E-state index contributed by atoms with van der Waals surface area (Å²) in [5, 5.41) is 7.71. The van der Waals surface area contributed by atoms with E-state index in [9.17, 15) is 4.79 Å². The number of para-hydroxylation sites is 2. The molecule has 1 amide bonds. The molecular formula is C28H30N8O. The molecule has 4 aromatic rings. The van der Waals surface area contributed by atoms with E-state index in [2.05, 4.69) is 44.3 Å². The first kappa shape index (κ1) is 22.2. The fourth-order valence-electron chi connectivity index (χ4n) is 6.52. The van der Waals surface area contributed by atoms with Crippen molar-refractivity contribution in [3.63, 3.8) is 0 Å². The van der Waals surface area contributed by atoms with Crippen LogP contribution in [-0.4, -0.2) is 52.3 Å². The maximum Gasteiger partial charge on any atom is 0.223 e. The molecule has 3 N–H and O–H groups in total. The van der Waals surface area contributed by atoms with Crippen LogP contribution in [-0.2, 0) is 11.2 Å². The molecule has 9 heteroatoms. The predicted molar refractivity (Wildman–Crippen MR) is 144 cm³/mol. The first-order valence-electron chi connectivity index (χ1n) is 13.0. The Morgan fingerprint density at radius 3 is 2.57 bits per heavy atom. The fourth-order valence-corrected chi connectivity index (χ4v) is 6.52. The Labute approximate surface area is 215 Å². The van der Waals surface area contributed by atoms with Gasteiger partial charge in [0.2, 0.25) is 5.91 Å². The number of benzene rings is 2. The minimum Gasteiger partial charge on any atom is -0.355 e. The number of nitrogens with zero attached hydrogens (tertiary/aromatic N) is 6. The number of hydrogen-bond acceptors (Lipinski definition) is 7. The van der Waals surface area contributed by atoms with Crippen molar-refractivity contribution in [2.45, 2.75) is 32.2 Å². The molecule has 1 fully saturated rings. The van der Waals surface area contributed by atoms with Gasteiger partial charge in [0.15, 0.2) is 17.0 Å². The number of aromatic amines is 1. The average Bonchev–Trinajstić information content (AvgIpc) is 3.47. The van der Waals surface area contributed by atoms with Crippen molar-refractivity contribution in [3.05, 3.63) is 65.9 Å². The summed E-state index contributed by atoms with van der Waals surface area (Å²) in [6.45, 7) is 4.64. The Morgan fingerprint density at radius 2 is 1.78 bits per heavy atom. The molecule has 2 aromatic heterocycles. The summed E-state index contributed by atoms with van der Waals surface area (Å²) < 4.78 is 0. The maximum absolute atomic E-state index is 12.2. The molecule has 1 spiro atoms. The van der Waals surface area contributed by atoms with Crippen LogP contribution in [0.1, 0.15) is 36.9 Å². The molecule has 9 nitrogen and oxygen atoms in total. The summed E-state index contributed by atoms with van der Waals surface area (Å²) in [6, 6.07) is 16.6. The van der Waals surface area contributed by atoms with Crippen LogP contribution in [0.2, 0.25) is 0 Å². The van der Waals surface area contributed by atoms with Crippen molar-refractivity contribution in [1.29, 1.82) is 0 Å². The highest BCUT2D eigenvalue weighted by atomic mass is 16.2. The zero-order chi connectivity index (χ0) is 25.1. The summed E-state index contributed by atoms with van der Waals surface area (Å²) in [4.78, 5) is 28.1.